The Hall–Kier alpha value is -1.62. The number of amides is 1. The van der Waals surface area contributed by atoms with E-state index in [4.69, 9.17) is 0 Å². The van der Waals surface area contributed by atoms with E-state index in [9.17, 15) is 4.79 Å². The lowest BCUT2D eigenvalue weighted by atomic mass is 9.99. The fourth-order valence-electron chi connectivity index (χ4n) is 2.92. The molecule has 3 rings (SSSR count). The smallest absolute Gasteiger partial charge is 0.253 e. The fourth-order valence-corrected chi connectivity index (χ4v) is 3.25. The van der Waals surface area contributed by atoms with Crippen molar-refractivity contribution in [2.45, 2.75) is 26.3 Å². The molecule has 0 saturated carbocycles. The van der Waals surface area contributed by atoms with Crippen LogP contribution in [0, 0.1) is 5.92 Å². The second-order valence-corrected chi connectivity index (χ2v) is 6.97. The Bertz CT molecular complexity index is 650. The molecule has 1 aromatic carbocycles. The predicted molar refractivity (Wildman–Crippen MR) is 89.8 cm³/mol. The van der Waals surface area contributed by atoms with Gasteiger partial charge in [-0.2, -0.15) is 5.10 Å². The molecule has 1 aliphatic heterocycles. The van der Waals surface area contributed by atoms with Gasteiger partial charge >= 0.3 is 0 Å². The maximum atomic E-state index is 12.5. The number of hydrogen-bond acceptors (Lipinski definition) is 2. The van der Waals surface area contributed by atoms with Crippen LogP contribution in [0.5, 0.6) is 0 Å². The highest BCUT2D eigenvalue weighted by atomic mass is 79.9. The van der Waals surface area contributed by atoms with Crippen molar-refractivity contribution in [3.05, 3.63) is 52.3 Å². The molecule has 22 heavy (non-hydrogen) atoms. The average molecular weight is 362 g/mol. The normalized spacial score (nSPS) is 18.5. The summed E-state index contributed by atoms with van der Waals surface area (Å²) in [4.78, 5) is 14.5. The summed E-state index contributed by atoms with van der Waals surface area (Å²) in [5.41, 5.74) is 1.92. The van der Waals surface area contributed by atoms with E-state index in [0.717, 1.165) is 35.1 Å². The Balaban J connectivity index is 1.67. The summed E-state index contributed by atoms with van der Waals surface area (Å²) in [5.74, 6) is 0.759. The van der Waals surface area contributed by atoms with E-state index >= 15 is 0 Å². The number of hydrogen-bond donors (Lipinski definition) is 0. The monoisotopic (exact) mass is 361 g/mol. The van der Waals surface area contributed by atoms with Crippen LogP contribution in [0.4, 0.5) is 0 Å². The summed E-state index contributed by atoms with van der Waals surface area (Å²) >= 11 is 3.39. The van der Waals surface area contributed by atoms with Crippen molar-refractivity contribution >= 4 is 21.8 Å². The van der Waals surface area contributed by atoms with E-state index < -0.39 is 0 Å². The molecule has 5 heteroatoms. The zero-order valence-electron chi connectivity index (χ0n) is 12.7. The van der Waals surface area contributed by atoms with Gasteiger partial charge < -0.3 is 4.90 Å². The molecule has 116 valence electrons. The first-order chi connectivity index (χ1) is 10.6. The molecular weight excluding hydrogens is 342 g/mol. The number of piperidine rings is 1. The molecule has 0 aliphatic carbocycles. The number of carbonyl (C=O) groups excluding carboxylic acids is 1. The largest absolute Gasteiger partial charge is 0.338 e. The third-order valence-corrected chi connectivity index (χ3v) is 4.50. The van der Waals surface area contributed by atoms with Crippen LogP contribution in [0.3, 0.4) is 0 Å². The number of halogens is 1. The van der Waals surface area contributed by atoms with Gasteiger partial charge in [-0.1, -0.05) is 19.1 Å². The van der Waals surface area contributed by atoms with Gasteiger partial charge in [-0.3, -0.25) is 9.48 Å². The highest BCUT2D eigenvalue weighted by Gasteiger charge is 2.21. The molecule has 1 aliphatic rings. The third kappa shape index (κ3) is 3.58. The zero-order valence-corrected chi connectivity index (χ0v) is 14.3. The third-order valence-electron chi connectivity index (χ3n) is 4.09. The lowest BCUT2D eigenvalue weighted by Crippen LogP contribution is -2.39. The molecule has 4 nitrogen and oxygen atoms in total. The van der Waals surface area contributed by atoms with Crippen molar-refractivity contribution in [2.24, 2.45) is 5.92 Å². The molecule has 1 aromatic heterocycles. The van der Waals surface area contributed by atoms with Gasteiger partial charge in [0.25, 0.3) is 5.91 Å². The Kier molecular flexibility index (Phi) is 4.62. The molecule has 1 amide bonds. The summed E-state index contributed by atoms with van der Waals surface area (Å²) in [6.07, 6.45) is 6.05. The summed E-state index contributed by atoms with van der Waals surface area (Å²) in [6.45, 7) is 4.68. The number of nitrogens with zero attached hydrogens (tertiary/aromatic N) is 3. The van der Waals surface area contributed by atoms with Crippen LogP contribution in [-0.2, 0) is 6.54 Å². The van der Waals surface area contributed by atoms with E-state index in [-0.39, 0.29) is 5.91 Å². The number of rotatable bonds is 3. The number of aromatic nitrogens is 2. The lowest BCUT2D eigenvalue weighted by molar-refractivity contribution is 0.0683. The molecule has 2 heterocycles. The van der Waals surface area contributed by atoms with Crippen LogP contribution >= 0.6 is 15.9 Å². The molecule has 1 fully saturated rings. The van der Waals surface area contributed by atoms with Crippen molar-refractivity contribution in [1.29, 1.82) is 0 Å². The molecule has 2 aromatic rings. The number of carbonyl (C=O) groups is 1. The summed E-state index contributed by atoms with van der Waals surface area (Å²) < 4.78 is 2.84. The standard InChI is InChI=1S/C17H20BrN3O/c1-13-3-2-8-20(10-13)17(22)15-6-4-14(5-7-15)11-21-12-16(18)9-19-21/h4-7,9,12-13H,2-3,8,10-11H2,1H3. The van der Waals surface area contributed by atoms with Gasteiger partial charge in [0, 0.05) is 24.8 Å². The van der Waals surface area contributed by atoms with Gasteiger partial charge in [0.15, 0.2) is 0 Å². The number of likely N-dealkylation sites (tertiary alicyclic amines) is 1. The van der Waals surface area contributed by atoms with E-state index in [1.165, 1.54) is 6.42 Å². The van der Waals surface area contributed by atoms with Crippen LogP contribution < -0.4 is 0 Å². The van der Waals surface area contributed by atoms with Crippen molar-refractivity contribution in [2.75, 3.05) is 13.1 Å². The van der Waals surface area contributed by atoms with Crippen molar-refractivity contribution in [3.63, 3.8) is 0 Å². The Morgan fingerprint density at radius 2 is 2.14 bits per heavy atom. The highest BCUT2D eigenvalue weighted by molar-refractivity contribution is 9.10. The van der Waals surface area contributed by atoms with E-state index in [2.05, 4.69) is 28.0 Å². The minimum atomic E-state index is 0.153. The fraction of sp³-hybridized carbons (Fsp3) is 0.412. The van der Waals surface area contributed by atoms with Gasteiger partial charge in [0.2, 0.25) is 0 Å². The molecule has 0 spiro atoms. The molecule has 0 radical (unpaired) electrons. The Morgan fingerprint density at radius 3 is 2.77 bits per heavy atom. The van der Waals surface area contributed by atoms with Crippen LogP contribution in [0.2, 0.25) is 0 Å². The quantitative estimate of drug-likeness (QED) is 0.837. The van der Waals surface area contributed by atoms with Gasteiger partial charge in [0.1, 0.15) is 0 Å². The molecule has 1 unspecified atom stereocenters. The van der Waals surface area contributed by atoms with E-state index in [1.807, 2.05) is 40.0 Å². The first-order valence-electron chi connectivity index (χ1n) is 7.68. The lowest BCUT2D eigenvalue weighted by Gasteiger charge is -2.31. The topological polar surface area (TPSA) is 38.1 Å². The van der Waals surface area contributed by atoms with Crippen LogP contribution in [-0.4, -0.2) is 33.7 Å². The average Bonchev–Trinajstić information content (AvgIpc) is 2.92. The van der Waals surface area contributed by atoms with Crippen molar-refractivity contribution < 1.29 is 4.79 Å². The molecule has 0 bridgehead atoms. The van der Waals surface area contributed by atoms with Gasteiger partial charge in [-0.15, -0.1) is 0 Å². The summed E-state index contributed by atoms with van der Waals surface area (Å²) in [7, 11) is 0. The van der Waals surface area contributed by atoms with E-state index in [0.29, 0.717) is 12.5 Å². The summed E-state index contributed by atoms with van der Waals surface area (Å²) in [6, 6.07) is 7.87. The van der Waals surface area contributed by atoms with Crippen molar-refractivity contribution in [1.82, 2.24) is 14.7 Å². The van der Waals surface area contributed by atoms with E-state index in [1.54, 1.807) is 6.20 Å². The molecule has 0 N–H and O–H groups in total. The van der Waals surface area contributed by atoms with Gasteiger partial charge in [0.05, 0.1) is 17.2 Å². The minimum Gasteiger partial charge on any atom is -0.338 e. The maximum Gasteiger partial charge on any atom is 0.253 e. The number of benzene rings is 1. The van der Waals surface area contributed by atoms with Crippen LogP contribution in [0.1, 0.15) is 35.7 Å². The SMILES string of the molecule is CC1CCCN(C(=O)c2ccc(Cn3cc(Br)cn3)cc2)C1. The predicted octanol–water partition coefficient (Wildman–Crippen LogP) is 3.57. The zero-order chi connectivity index (χ0) is 15.5. The minimum absolute atomic E-state index is 0.153. The first kappa shape index (κ1) is 15.3. The Labute approximate surface area is 139 Å². The molecular formula is C17H20BrN3O. The van der Waals surface area contributed by atoms with Gasteiger partial charge in [-0.05, 0) is 52.4 Å². The van der Waals surface area contributed by atoms with Crippen LogP contribution in [0.25, 0.3) is 0 Å². The van der Waals surface area contributed by atoms with Gasteiger partial charge in [-0.25, -0.2) is 0 Å². The Morgan fingerprint density at radius 1 is 1.36 bits per heavy atom. The second-order valence-electron chi connectivity index (χ2n) is 6.05. The summed E-state index contributed by atoms with van der Waals surface area (Å²) in [5, 5.41) is 4.24. The highest BCUT2D eigenvalue weighted by Crippen LogP contribution is 2.18. The first-order valence-corrected chi connectivity index (χ1v) is 8.47. The van der Waals surface area contributed by atoms with Crippen molar-refractivity contribution in [3.8, 4) is 0 Å². The maximum absolute atomic E-state index is 12.5. The second kappa shape index (κ2) is 6.65. The molecule has 1 atom stereocenters. The molecule has 1 saturated heterocycles. The van der Waals surface area contributed by atoms with Crippen LogP contribution in [0.15, 0.2) is 41.1 Å².